The van der Waals surface area contributed by atoms with Gasteiger partial charge in [-0.2, -0.15) is 4.31 Å². The summed E-state index contributed by atoms with van der Waals surface area (Å²) in [5.41, 5.74) is 0.665. The van der Waals surface area contributed by atoms with Gasteiger partial charge in [0.2, 0.25) is 10.0 Å². The van der Waals surface area contributed by atoms with Crippen molar-refractivity contribution in [3.05, 3.63) is 65.5 Å². The Hall–Kier alpha value is -2.82. The lowest BCUT2D eigenvalue weighted by Gasteiger charge is -2.35. The Morgan fingerprint density at radius 2 is 1.34 bits per heavy atom. The van der Waals surface area contributed by atoms with Gasteiger partial charge in [0.15, 0.2) is 0 Å². The summed E-state index contributed by atoms with van der Waals surface area (Å²) in [5, 5.41) is 0. The van der Waals surface area contributed by atoms with Crippen molar-refractivity contribution in [3.63, 3.8) is 0 Å². The Labute approximate surface area is 186 Å². The van der Waals surface area contributed by atoms with E-state index in [4.69, 9.17) is 4.74 Å². The highest BCUT2D eigenvalue weighted by atomic mass is 32.2. The first-order valence-corrected chi connectivity index (χ1v) is 11.8. The largest absolute Gasteiger partial charge is 0.379 e. The van der Waals surface area contributed by atoms with E-state index in [1.807, 2.05) is 0 Å². The van der Waals surface area contributed by atoms with Crippen LogP contribution in [0.1, 0.15) is 20.7 Å². The van der Waals surface area contributed by atoms with Crippen LogP contribution in [0.25, 0.3) is 0 Å². The molecule has 2 aromatic carbocycles. The minimum absolute atomic E-state index is 0.140. The quantitative estimate of drug-likeness (QED) is 0.688. The number of morpholine rings is 1. The van der Waals surface area contributed by atoms with Crippen molar-refractivity contribution in [2.75, 3.05) is 52.5 Å². The number of sulfonamides is 1. The molecular weight excluding hydrogens is 437 g/mol. The van der Waals surface area contributed by atoms with Crippen molar-refractivity contribution >= 4 is 21.8 Å². The summed E-state index contributed by atoms with van der Waals surface area (Å²) in [5.74, 6) is -0.962. The molecule has 4 rings (SSSR count). The number of ether oxygens (including phenoxy) is 1. The van der Waals surface area contributed by atoms with Gasteiger partial charge in [-0.1, -0.05) is 6.07 Å². The zero-order valence-corrected chi connectivity index (χ0v) is 18.3. The third-order valence-corrected chi connectivity index (χ3v) is 7.55. The summed E-state index contributed by atoms with van der Waals surface area (Å²) >= 11 is 0. The number of piperazine rings is 1. The van der Waals surface area contributed by atoms with Crippen LogP contribution < -0.4 is 0 Å². The highest BCUT2D eigenvalue weighted by Crippen LogP contribution is 2.19. The van der Waals surface area contributed by atoms with Crippen LogP contribution in [0.5, 0.6) is 0 Å². The molecule has 0 unspecified atom stereocenters. The highest BCUT2D eigenvalue weighted by molar-refractivity contribution is 7.89. The van der Waals surface area contributed by atoms with E-state index in [9.17, 15) is 22.4 Å². The molecule has 2 aliphatic rings. The number of nitrogens with zero attached hydrogens (tertiary/aromatic N) is 3. The van der Waals surface area contributed by atoms with Crippen molar-refractivity contribution in [1.82, 2.24) is 14.1 Å². The summed E-state index contributed by atoms with van der Waals surface area (Å²) in [6.07, 6.45) is 0. The molecule has 2 fully saturated rings. The Balaban J connectivity index is 1.37. The number of carbonyl (C=O) groups excluding carboxylic acids is 2. The van der Waals surface area contributed by atoms with Gasteiger partial charge in [-0.05, 0) is 42.5 Å². The van der Waals surface area contributed by atoms with E-state index >= 15 is 0 Å². The first-order chi connectivity index (χ1) is 15.4. The van der Waals surface area contributed by atoms with Crippen molar-refractivity contribution < 1.29 is 27.1 Å². The molecule has 0 aliphatic carbocycles. The van der Waals surface area contributed by atoms with Gasteiger partial charge in [0.05, 0.1) is 18.1 Å². The number of hydrogen-bond acceptors (Lipinski definition) is 5. The molecule has 32 heavy (non-hydrogen) atoms. The predicted octanol–water partition coefficient (Wildman–Crippen LogP) is 1.44. The van der Waals surface area contributed by atoms with Crippen molar-refractivity contribution in [3.8, 4) is 0 Å². The summed E-state index contributed by atoms with van der Waals surface area (Å²) in [6, 6.07) is 11.5. The molecule has 170 valence electrons. The third-order valence-electron chi connectivity index (χ3n) is 5.63. The molecule has 0 spiro atoms. The molecule has 0 N–H and O–H groups in total. The summed E-state index contributed by atoms with van der Waals surface area (Å²) in [6.45, 7) is 2.70. The summed E-state index contributed by atoms with van der Waals surface area (Å²) < 4.78 is 45.4. The van der Waals surface area contributed by atoms with Gasteiger partial charge < -0.3 is 14.5 Å². The van der Waals surface area contributed by atoms with Crippen LogP contribution in [0.3, 0.4) is 0 Å². The minimum Gasteiger partial charge on any atom is -0.379 e. The molecule has 0 saturated carbocycles. The maximum atomic E-state index is 13.4. The third kappa shape index (κ3) is 4.67. The molecule has 8 nitrogen and oxygen atoms in total. The molecule has 0 radical (unpaired) electrons. The lowest BCUT2D eigenvalue weighted by atomic mass is 10.1. The number of rotatable bonds is 4. The molecule has 0 aromatic heterocycles. The lowest BCUT2D eigenvalue weighted by Crippen LogP contribution is -2.50. The molecule has 0 bridgehead atoms. The fourth-order valence-electron chi connectivity index (χ4n) is 3.80. The zero-order valence-electron chi connectivity index (χ0n) is 17.4. The number of halogens is 1. The second kappa shape index (κ2) is 9.35. The average Bonchev–Trinajstić information content (AvgIpc) is 2.84. The fraction of sp³-hybridized carbons (Fsp3) is 0.364. The summed E-state index contributed by atoms with van der Waals surface area (Å²) in [4.78, 5) is 28.8. The van der Waals surface area contributed by atoms with Gasteiger partial charge in [0.1, 0.15) is 5.82 Å². The molecule has 2 amide bonds. The van der Waals surface area contributed by atoms with Gasteiger partial charge in [0.25, 0.3) is 11.8 Å². The minimum atomic E-state index is -3.62. The Bertz CT molecular complexity index is 1090. The van der Waals surface area contributed by atoms with Crippen LogP contribution in [0.15, 0.2) is 53.4 Å². The molecule has 2 aromatic rings. The first kappa shape index (κ1) is 22.4. The number of benzene rings is 2. The molecular formula is C22H24FN3O5S. The van der Waals surface area contributed by atoms with Crippen LogP contribution in [0, 0.1) is 5.82 Å². The Morgan fingerprint density at radius 1 is 0.781 bits per heavy atom. The van der Waals surface area contributed by atoms with Crippen LogP contribution in [-0.2, 0) is 14.8 Å². The maximum absolute atomic E-state index is 13.4. The van der Waals surface area contributed by atoms with Crippen molar-refractivity contribution in [2.24, 2.45) is 0 Å². The van der Waals surface area contributed by atoms with Crippen molar-refractivity contribution in [2.45, 2.75) is 4.90 Å². The van der Waals surface area contributed by atoms with Crippen molar-refractivity contribution in [1.29, 1.82) is 0 Å². The smallest absolute Gasteiger partial charge is 0.254 e. The van der Waals surface area contributed by atoms with Gasteiger partial charge in [-0.3, -0.25) is 9.59 Å². The Morgan fingerprint density at radius 3 is 1.91 bits per heavy atom. The number of carbonyl (C=O) groups is 2. The van der Waals surface area contributed by atoms with E-state index in [0.717, 1.165) is 0 Å². The monoisotopic (exact) mass is 461 g/mol. The topological polar surface area (TPSA) is 87.2 Å². The van der Waals surface area contributed by atoms with Gasteiger partial charge in [-0.15, -0.1) is 0 Å². The average molecular weight is 462 g/mol. The molecule has 10 heteroatoms. The molecule has 2 heterocycles. The van der Waals surface area contributed by atoms with Gasteiger partial charge >= 0.3 is 0 Å². The van der Waals surface area contributed by atoms with E-state index in [2.05, 4.69) is 0 Å². The molecule has 0 atom stereocenters. The van der Waals surface area contributed by atoms with Crippen LogP contribution >= 0.6 is 0 Å². The van der Waals surface area contributed by atoms with E-state index in [0.29, 0.717) is 58.0 Å². The molecule has 2 aliphatic heterocycles. The molecule has 2 saturated heterocycles. The van der Waals surface area contributed by atoms with E-state index in [1.165, 1.54) is 46.8 Å². The van der Waals surface area contributed by atoms with Crippen LogP contribution in [0.4, 0.5) is 4.39 Å². The lowest BCUT2D eigenvalue weighted by molar-refractivity contribution is 0.0535. The van der Waals surface area contributed by atoms with Gasteiger partial charge in [0, 0.05) is 50.4 Å². The second-order valence-electron chi connectivity index (χ2n) is 7.64. The van der Waals surface area contributed by atoms with E-state index < -0.39 is 15.8 Å². The van der Waals surface area contributed by atoms with E-state index in [1.54, 1.807) is 15.9 Å². The number of hydrogen-bond donors (Lipinski definition) is 0. The van der Waals surface area contributed by atoms with E-state index in [-0.39, 0.29) is 22.3 Å². The van der Waals surface area contributed by atoms with Crippen LogP contribution in [-0.4, -0.2) is 86.8 Å². The summed E-state index contributed by atoms with van der Waals surface area (Å²) in [7, 11) is -3.62. The Kier molecular flexibility index (Phi) is 6.54. The van der Waals surface area contributed by atoms with Gasteiger partial charge in [-0.25, -0.2) is 12.8 Å². The standard InChI is InChI=1S/C22H24FN3O5S/c23-19-3-1-2-18(16-19)22(28)25-10-8-24(9-11-25)21(27)17-4-6-20(7-5-17)32(29,30)26-12-14-31-15-13-26/h1-7,16H,8-15H2. The predicted molar refractivity (Wildman–Crippen MR) is 114 cm³/mol. The first-order valence-electron chi connectivity index (χ1n) is 10.4. The highest BCUT2D eigenvalue weighted by Gasteiger charge is 2.28. The SMILES string of the molecule is O=C(c1ccc(S(=O)(=O)N2CCOCC2)cc1)N1CCN(C(=O)c2cccc(F)c2)CC1. The second-order valence-corrected chi connectivity index (χ2v) is 9.57. The fourth-order valence-corrected chi connectivity index (χ4v) is 5.21. The maximum Gasteiger partial charge on any atom is 0.254 e. The van der Waals surface area contributed by atoms with Crippen LogP contribution in [0.2, 0.25) is 0 Å². The number of amides is 2. The normalized spacial score (nSPS) is 17.9. The zero-order chi connectivity index (χ0) is 22.7.